The van der Waals surface area contributed by atoms with Crippen molar-refractivity contribution >= 4 is 11.8 Å². The first-order valence-corrected chi connectivity index (χ1v) is 6.89. The number of hydrogen-bond acceptors (Lipinski definition) is 3. The van der Waals surface area contributed by atoms with E-state index in [0.717, 1.165) is 25.7 Å². The van der Waals surface area contributed by atoms with Crippen molar-refractivity contribution < 1.29 is 9.59 Å². The van der Waals surface area contributed by atoms with Crippen LogP contribution in [0.2, 0.25) is 0 Å². The summed E-state index contributed by atoms with van der Waals surface area (Å²) in [6, 6.07) is 0.255. The third-order valence-electron chi connectivity index (χ3n) is 3.24. The summed E-state index contributed by atoms with van der Waals surface area (Å²) in [6.45, 7) is 6.08. The van der Waals surface area contributed by atoms with Crippen LogP contribution in [0.4, 0.5) is 0 Å². The molecule has 0 heterocycles. The summed E-state index contributed by atoms with van der Waals surface area (Å²) in [5.74, 6) is -0.0670. The summed E-state index contributed by atoms with van der Waals surface area (Å²) >= 11 is 0. The third-order valence-corrected chi connectivity index (χ3v) is 3.24. The maximum atomic E-state index is 11.8. The zero-order valence-corrected chi connectivity index (χ0v) is 11.6. The van der Waals surface area contributed by atoms with Gasteiger partial charge in [0.1, 0.15) is 0 Å². The minimum atomic E-state index is -0.337. The molecule has 0 saturated heterocycles. The van der Waals surface area contributed by atoms with Crippen molar-refractivity contribution in [3.63, 3.8) is 0 Å². The molecule has 3 N–H and O–H groups in total. The van der Waals surface area contributed by atoms with Gasteiger partial charge in [0.05, 0.1) is 12.6 Å². The second kappa shape index (κ2) is 7.36. The maximum Gasteiger partial charge on any atom is 0.237 e. The Labute approximate surface area is 109 Å². The van der Waals surface area contributed by atoms with Gasteiger partial charge >= 0.3 is 0 Å². The van der Waals surface area contributed by atoms with Crippen molar-refractivity contribution in [2.24, 2.45) is 0 Å². The fraction of sp³-hybridized carbons (Fsp3) is 0.846. The molecule has 0 aromatic carbocycles. The lowest BCUT2D eigenvalue weighted by Gasteiger charge is -2.19. The van der Waals surface area contributed by atoms with Gasteiger partial charge in [0.25, 0.3) is 0 Å². The monoisotopic (exact) mass is 255 g/mol. The lowest BCUT2D eigenvalue weighted by Crippen LogP contribution is -2.48. The minimum Gasteiger partial charge on any atom is -0.352 e. The first-order valence-electron chi connectivity index (χ1n) is 6.89. The van der Waals surface area contributed by atoms with Crippen LogP contribution in [-0.4, -0.2) is 36.5 Å². The zero-order valence-electron chi connectivity index (χ0n) is 11.6. The Morgan fingerprint density at radius 3 is 2.33 bits per heavy atom. The van der Waals surface area contributed by atoms with E-state index in [1.54, 1.807) is 6.92 Å². The van der Waals surface area contributed by atoms with Crippen LogP contribution < -0.4 is 16.0 Å². The first-order chi connectivity index (χ1) is 8.56. The quantitative estimate of drug-likeness (QED) is 0.593. The lowest BCUT2D eigenvalue weighted by molar-refractivity contribution is -0.124. The Kier molecular flexibility index (Phi) is 6.12. The molecule has 0 aromatic rings. The highest BCUT2D eigenvalue weighted by Gasteiger charge is 2.23. The Bertz CT molecular complexity index is 286. The van der Waals surface area contributed by atoms with Crippen LogP contribution >= 0.6 is 0 Å². The molecule has 5 heteroatoms. The average Bonchev–Trinajstić information content (AvgIpc) is 3.16. The van der Waals surface area contributed by atoms with Crippen molar-refractivity contribution in [3.8, 4) is 0 Å². The van der Waals surface area contributed by atoms with Gasteiger partial charge < -0.3 is 10.6 Å². The molecule has 1 fully saturated rings. The van der Waals surface area contributed by atoms with Crippen LogP contribution in [0.1, 0.15) is 46.5 Å². The summed E-state index contributed by atoms with van der Waals surface area (Å²) in [6.07, 6.45) is 4.02. The smallest absolute Gasteiger partial charge is 0.237 e. The third kappa shape index (κ3) is 5.49. The van der Waals surface area contributed by atoms with Gasteiger partial charge in [0, 0.05) is 12.1 Å². The summed E-state index contributed by atoms with van der Waals surface area (Å²) in [5.41, 5.74) is 0. The second-order valence-corrected chi connectivity index (χ2v) is 4.97. The molecule has 1 unspecified atom stereocenters. The fourth-order valence-electron chi connectivity index (χ4n) is 1.66. The molecule has 0 aliphatic heterocycles. The highest BCUT2D eigenvalue weighted by Crippen LogP contribution is 2.18. The summed E-state index contributed by atoms with van der Waals surface area (Å²) in [7, 11) is 0. The Morgan fingerprint density at radius 1 is 1.22 bits per heavy atom. The lowest BCUT2D eigenvalue weighted by atomic mass is 10.1. The van der Waals surface area contributed by atoms with Crippen LogP contribution in [-0.2, 0) is 9.59 Å². The number of nitrogens with one attached hydrogen (secondary N) is 3. The zero-order chi connectivity index (χ0) is 13.5. The van der Waals surface area contributed by atoms with E-state index in [-0.39, 0.29) is 30.4 Å². The molecular formula is C13H25N3O2. The molecule has 0 bridgehead atoms. The minimum absolute atomic E-state index is 0.0281. The van der Waals surface area contributed by atoms with Gasteiger partial charge in [0.2, 0.25) is 11.8 Å². The van der Waals surface area contributed by atoms with Crippen molar-refractivity contribution in [2.75, 3.05) is 6.54 Å². The Balaban J connectivity index is 2.19. The van der Waals surface area contributed by atoms with Gasteiger partial charge in [-0.25, -0.2) is 0 Å². The highest BCUT2D eigenvalue weighted by atomic mass is 16.2. The summed E-state index contributed by atoms with van der Waals surface area (Å²) < 4.78 is 0. The van der Waals surface area contributed by atoms with Crippen LogP contribution in [0.15, 0.2) is 0 Å². The van der Waals surface area contributed by atoms with E-state index in [2.05, 4.69) is 29.8 Å². The largest absolute Gasteiger partial charge is 0.352 e. The van der Waals surface area contributed by atoms with E-state index < -0.39 is 0 Å². The molecule has 1 saturated carbocycles. The van der Waals surface area contributed by atoms with Crippen molar-refractivity contribution in [1.82, 2.24) is 16.0 Å². The molecule has 1 aliphatic rings. The number of carbonyl (C=O) groups is 2. The van der Waals surface area contributed by atoms with E-state index in [1.165, 1.54) is 0 Å². The fourth-order valence-corrected chi connectivity index (χ4v) is 1.66. The van der Waals surface area contributed by atoms with Gasteiger partial charge in [-0.3, -0.25) is 14.9 Å². The number of amides is 2. The molecule has 0 aromatic heterocycles. The van der Waals surface area contributed by atoms with Crippen LogP contribution in [0.5, 0.6) is 0 Å². The molecule has 2 amide bonds. The molecule has 1 rings (SSSR count). The van der Waals surface area contributed by atoms with Gasteiger partial charge in [-0.2, -0.15) is 0 Å². The van der Waals surface area contributed by atoms with E-state index >= 15 is 0 Å². The van der Waals surface area contributed by atoms with Gasteiger partial charge in [0.15, 0.2) is 0 Å². The van der Waals surface area contributed by atoms with E-state index in [1.807, 2.05) is 0 Å². The van der Waals surface area contributed by atoms with Gasteiger partial charge in [-0.05, 0) is 32.6 Å². The van der Waals surface area contributed by atoms with E-state index in [4.69, 9.17) is 0 Å². The number of rotatable bonds is 8. The molecule has 104 valence electrons. The normalized spacial score (nSPS) is 16.4. The predicted molar refractivity (Wildman–Crippen MR) is 71.1 cm³/mol. The van der Waals surface area contributed by atoms with Crippen molar-refractivity contribution in [1.29, 1.82) is 0 Å². The second-order valence-electron chi connectivity index (χ2n) is 4.97. The Hall–Kier alpha value is -1.10. The van der Waals surface area contributed by atoms with E-state index in [0.29, 0.717) is 6.04 Å². The average molecular weight is 255 g/mol. The van der Waals surface area contributed by atoms with Crippen LogP contribution in [0, 0.1) is 0 Å². The van der Waals surface area contributed by atoms with Gasteiger partial charge in [-0.15, -0.1) is 0 Å². The molecule has 0 radical (unpaired) electrons. The molecule has 18 heavy (non-hydrogen) atoms. The molecule has 0 spiro atoms. The topological polar surface area (TPSA) is 70.2 Å². The van der Waals surface area contributed by atoms with Gasteiger partial charge in [-0.1, -0.05) is 13.8 Å². The SMILES string of the molecule is CCC(CC)NC(=O)C(C)NCC(=O)NC1CC1. The number of carbonyl (C=O) groups excluding carboxylic acids is 2. The van der Waals surface area contributed by atoms with E-state index in [9.17, 15) is 9.59 Å². The maximum absolute atomic E-state index is 11.8. The van der Waals surface area contributed by atoms with Crippen molar-refractivity contribution in [3.05, 3.63) is 0 Å². The number of hydrogen-bond donors (Lipinski definition) is 3. The molecular weight excluding hydrogens is 230 g/mol. The molecule has 5 nitrogen and oxygen atoms in total. The van der Waals surface area contributed by atoms with Crippen LogP contribution in [0.25, 0.3) is 0 Å². The van der Waals surface area contributed by atoms with Crippen molar-refractivity contribution in [2.45, 2.75) is 64.6 Å². The summed E-state index contributed by atoms with van der Waals surface area (Å²) in [5, 5.41) is 8.78. The summed E-state index contributed by atoms with van der Waals surface area (Å²) in [4.78, 5) is 23.3. The Morgan fingerprint density at radius 2 is 1.83 bits per heavy atom. The first kappa shape index (κ1) is 15.0. The standard InChI is InChI=1S/C13H25N3O2/c1-4-10(5-2)16-13(18)9(3)14-8-12(17)15-11-6-7-11/h9-11,14H,4-8H2,1-3H3,(H,15,17)(H,16,18). The highest BCUT2D eigenvalue weighted by molar-refractivity contribution is 5.83. The molecule has 1 aliphatic carbocycles. The van der Waals surface area contributed by atoms with Crippen LogP contribution in [0.3, 0.4) is 0 Å². The predicted octanol–water partition coefficient (Wildman–Crippen LogP) is 0.548. The molecule has 1 atom stereocenters.